The number of hydrogen-bond donors (Lipinski definition) is 2. The molecular formula is C19H19N3O3. The summed E-state index contributed by atoms with van der Waals surface area (Å²) in [6, 6.07) is 14.1. The number of nitrogens with one attached hydrogen (secondary N) is 2. The predicted octanol–water partition coefficient (Wildman–Crippen LogP) is 2.70. The Hall–Kier alpha value is -3.15. The average molecular weight is 337 g/mol. The third-order valence-corrected chi connectivity index (χ3v) is 4.00. The van der Waals surface area contributed by atoms with Gasteiger partial charge in [-0.25, -0.2) is 0 Å². The fraction of sp³-hybridized carbons (Fsp3) is 0.211. The molecule has 128 valence electrons. The topological polar surface area (TPSA) is 78.5 Å². The van der Waals surface area contributed by atoms with Crippen molar-refractivity contribution in [3.63, 3.8) is 0 Å². The first-order valence-corrected chi connectivity index (χ1v) is 8.12. The molecule has 25 heavy (non-hydrogen) atoms. The van der Waals surface area contributed by atoms with E-state index < -0.39 is 11.8 Å². The van der Waals surface area contributed by atoms with Gasteiger partial charge in [-0.15, -0.1) is 0 Å². The van der Waals surface area contributed by atoms with Crippen LogP contribution in [0.3, 0.4) is 0 Å². The molecule has 0 unspecified atom stereocenters. The van der Waals surface area contributed by atoms with Crippen molar-refractivity contribution >= 4 is 34.8 Å². The summed E-state index contributed by atoms with van der Waals surface area (Å²) in [6.45, 7) is 2.61. The predicted molar refractivity (Wildman–Crippen MR) is 96.5 cm³/mol. The Labute approximate surface area is 145 Å². The second kappa shape index (κ2) is 7.17. The monoisotopic (exact) mass is 337 g/mol. The Morgan fingerprint density at radius 1 is 0.960 bits per heavy atom. The van der Waals surface area contributed by atoms with Crippen LogP contribution in [-0.4, -0.2) is 24.3 Å². The third kappa shape index (κ3) is 4.03. The van der Waals surface area contributed by atoms with Crippen molar-refractivity contribution in [1.82, 2.24) is 0 Å². The second-order valence-corrected chi connectivity index (χ2v) is 5.97. The first-order valence-electron chi connectivity index (χ1n) is 8.12. The number of amides is 3. The summed E-state index contributed by atoms with van der Waals surface area (Å²) < 4.78 is 0. The molecule has 0 saturated carbocycles. The SMILES string of the molecule is Cc1ccc(NC(=O)C(=O)Nc2cccc(N3CCCC3=O)c2)cc1. The van der Waals surface area contributed by atoms with E-state index in [-0.39, 0.29) is 5.91 Å². The zero-order chi connectivity index (χ0) is 17.8. The molecule has 6 nitrogen and oxygen atoms in total. The Kier molecular flexibility index (Phi) is 4.79. The normalized spacial score (nSPS) is 13.6. The van der Waals surface area contributed by atoms with E-state index in [1.807, 2.05) is 25.1 Å². The van der Waals surface area contributed by atoms with Crippen molar-refractivity contribution in [1.29, 1.82) is 0 Å². The summed E-state index contributed by atoms with van der Waals surface area (Å²) in [6.07, 6.45) is 1.36. The standard InChI is InChI=1S/C19H19N3O3/c1-13-7-9-14(10-8-13)20-18(24)19(25)21-15-4-2-5-16(12-15)22-11-3-6-17(22)23/h2,4-5,7-10,12H,3,6,11H2,1H3,(H,20,24)(H,21,25). The molecule has 3 amide bonds. The van der Waals surface area contributed by atoms with Crippen molar-refractivity contribution in [3.05, 3.63) is 54.1 Å². The molecule has 0 atom stereocenters. The fourth-order valence-electron chi connectivity index (χ4n) is 2.69. The van der Waals surface area contributed by atoms with E-state index in [0.29, 0.717) is 24.3 Å². The molecule has 0 spiro atoms. The molecule has 3 rings (SSSR count). The average Bonchev–Trinajstić information content (AvgIpc) is 3.03. The lowest BCUT2D eigenvalue weighted by molar-refractivity contribution is -0.132. The third-order valence-electron chi connectivity index (χ3n) is 4.00. The van der Waals surface area contributed by atoms with Crippen LogP contribution in [0.1, 0.15) is 18.4 Å². The van der Waals surface area contributed by atoms with E-state index >= 15 is 0 Å². The first-order chi connectivity index (χ1) is 12.0. The molecule has 2 aromatic rings. The second-order valence-electron chi connectivity index (χ2n) is 5.97. The first kappa shape index (κ1) is 16.7. The summed E-state index contributed by atoms with van der Waals surface area (Å²) in [5, 5.41) is 5.11. The number of nitrogens with zero attached hydrogens (tertiary/aromatic N) is 1. The Morgan fingerprint density at radius 2 is 1.64 bits per heavy atom. The van der Waals surface area contributed by atoms with Crippen LogP contribution in [0.15, 0.2) is 48.5 Å². The van der Waals surface area contributed by atoms with Crippen LogP contribution in [-0.2, 0) is 14.4 Å². The van der Waals surface area contributed by atoms with Gasteiger partial charge in [0.15, 0.2) is 0 Å². The maximum Gasteiger partial charge on any atom is 0.314 e. The van der Waals surface area contributed by atoms with Gasteiger partial charge >= 0.3 is 11.8 Å². The minimum absolute atomic E-state index is 0.0700. The fourth-order valence-corrected chi connectivity index (χ4v) is 2.69. The quantitative estimate of drug-likeness (QED) is 0.845. The number of benzene rings is 2. The largest absolute Gasteiger partial charge is 0.318 e. The molecule has 0 aromatic heterocycles. The maximum absolute atomic E-state index is 12.1. The van der Waals surface area contributed by atoms with Crippen LogP contribution >= 0.6 is 0 Å². The van der Waals surface area contributed by atoms with Gasteiger partial charge in [0.25, 0.3) is 0 Å². The highest BCUT2D eigenvalue weighted by Gasteiger charge is 2.22. The van der Waals surface area contributed by atoms with Crippen molar-refractivity contribution in [2.24, 2.45) is 0 Å². The zero-order valence-corrected chi connectivity index (χ0v) is 13.9. The number of carbonyl (C=O) groups excluding carboxylic acids is 3. The minimum atomic E-state index is -0.759. The number of aryl methyl sites for hydroxylation is 1. The van der Waals surface area contributed by atoms with Gasteiger partial charge in [-0.2, -0.15) is 0 Å². The zero-order valence-electron chi connectivity index (χ0n) is 13.9. The van der Waals surface area contributed by atoms with Crippen LogP contribution in [0.25, 0.3) is 0 Å². The van der Waals surface area contributed by atoms with Crippen molar-refractivity contribution in [3.8, 4) is 0 Å². The highest BCUT2D eigenvalue weighted by atomic mass is 16.2. The van der Waals surface area contributed by atoms with Crippen molar-refractivity contribution < 1.29 is 14.4 Å². The van der Waals surface area contributed by atoms with Crippen molar-refractivity contribution in [2.45, 2.75) is 19.8 Å². The summed E-state index contributed by atoms with van der Waals surface area (Å²) in [4.78, 5) is 37.6. The molecule has 1 aliphatic heterocycles. The van der Waals surface area contributed by atoms with Gasteiger partial charge in [-0.05, 0) is 43.7 Å². The summed E-state index contributed by atoms with van der Waals surface area (Å²) in [5.74, 6) is -1.43. The molecular weight excluding hydrogens is 318 g/mol. The lowest BCUT2D eigenvalue weighted by atomic mass is 10.2. The minimum Gasteiger partial charge on any atom is -0.318 e. The van der Waals surface area contributed by atoms with E-state index in [0.717, 1.165) is 17.7 Å². The number of hydrogen-bond acceptors (Lipinski definition) is 3. The van der Waals surface area contributed by atoms with Crippen LogP contribution in [0, 0.1) is 6.92 Å². The number of rotatable bonds is 3. The van der Waals surface area contributed by atoms with E-state index in [1.54, 1.807) is 35.2 Å². The van der Waals surface area contributed by atoms with Gasteiger partial charge in [0, 0.05) is 30.0 Å². The molecule has 2 aromatic carbocycles. The van der Waals surface area contributed by atoms with Gasteiger partial charge in [0.1, 0.15) is 0 Å². The molecule has 1 aliphatic rings. The van der Waals surface area contributed by atoms with Crippen LogP contribution in [0.4, 0.5) is 17.1 Å². The smallest absolute Gasteiger partial charge is 0.314 e. The van der Waals surface area contributed by atoms with Crippen LogP contribution in [0.2, 0.25) is 0 Å². The highest BCUT2D eigenvalue weighted by Crippen LogP contribution is 2.24. The summed E-state index contributed by atoms with van der Waals surface area (Å²) in [7, 11) is 0. The van der Waals surface area contributed by atoms with E-state index in [9.17, 15) is 14.4 Å². The molecule has 1 saturated heterocycles. The Morgan fingerprint density at radius 3 is 2.28 bits per heavy atom. The Bertz CT molecular complexity index is 815. The molecule has 1 fully saturated rings. The van der Waals surface area contributed by atoms with Gasteiger partial charge < -0.3 is 15.5 Å². The van der Waals surface area contributed by atoms with E-state index in [2.05, 4.69) is 10.6 Å². The molecule has 1 heterocycles. The molecule has 0 bridgehead atoms. The van der Waals surface area contributed by atoms with E-state index in [1.165, 1.54) is 0 Å². The molecule has 0 radical (unpaired) electrons. The van der Waals surface area contributed by atoms with Gasteiger partial charge in [0.05, 0.1) is 0 Å². The van der Waals surface area contributed by atoms with Crippen LogP contribution < -0.4 is 15.5 Å². The number of anilines is 3. The molecule has 2 N–H and O–H groups in total. The van der Waals surface area contributed by atoms with Crippen LogP contribution in [0.5, 0.6) is 0 Å². The summed E-state index contributed by atoms with van der Waals surface area (Å²) >= 11 is 0. The van der Waals surface area contributed by atoms with Gasteiger partial charge in [0.2, 0.25) is 5.91 Å². The molecule has 6 heteroatoms. The lowest BCUT2D eigenvalue weighted by Gasteiger charge is -2.16. The van der Waals surface area contributed by atoms with Gasteiger partial charge in [-0.1, -0.05) is 23.8 Å². The Balaban J connectivity index is 1.65. The maximum atomic E-state index is 12.1. The summed E-state index contributed by atoms with van der Waals surface area (Å²) in [5.41, 5.74) is 2.82. The molecule has 0 aliphatic carbocycles. The number of carbonyl (C=O) groups is 3. The van der Waals surface area contributed by atoms with E-state index in [4.69, 9.17) is 0 Å². The van der Waals surface area contributed by atoms with Gasteiger partial charge in [-0.3, -0.25) is 14.4 Å². The van der Waals surface area contributed by atoms with Crippen molar-refractivity contribution in [2.75, 3.05) is 22.1 Å². The highest BCUT2D eigenvalue weighted by molar-refractivity contribution is 6.43. The lowest BCUT2D eigenvalue weighted by Crippen LogP contribution is -2.29.